The number of amides is 2. The lowest BCUT2D eigenvalue weighted by Gasteiger charge is -2.41. The number of aromatic nitrogens is 4. The van der Waals surface area contributed by atoms with Crippen LogP contribution in [0.15, 0.2) is 67.1 Å². The predicted octanol–water partition coefficient (Wildman–Crippen LogP) is 4.29. The Balaban J connectivity index is 1.34. The van der Waals surface area contributed by atoms with Crippen LogP contribution in [0.2, 0.25) is 0 Å². The van der Waals surface area contributed by atoms with Gasteiger partial charge in [0.05, 0.1) is 42.4 Å². The SMILES string of the molecule is COC[C@]1(O)CCCC[C@H]1n1cnc(C(=O)N2CCN(C(=O)O)C[C@H]2CCn2ncc3ccccc32)c1-c1ccccc1. The van der Waals surface area contributed by atoms with E-state index in [1.165, 1.54) is 4.90 Å². The summed E-state index contributed by atoms with van der Waals surface area (Å²) in [5.41, 5.74) is 1.70. The maximum absolute atomic E-state index is 14.4. The van der Waals surface area contributed by atoms with Crippen LogP contribution in [-0.2, 0) is 11.3 Å². The van der Waals surface area contributed by atoms with E-state index in [2.05, 4.69) is 10.1 Å². The summed E-state index contributed by atoms with van der Waals surface area (Å²) in [6, 6.07) is 16.9. The molecule has 0 bridgehead atoms. The number of benzene rings is 2. The Labute approximate surface area is 250 Å². The van der Waals surface area contributed by atoms with Crippen molar-refractivity contribution in [2.75, 3.05) is 33.4 Å². The van der Waals surface area contributed by atoms with Crippen LogP contribution in [0.4, 0.5) is 4.79 Å². The average molecular weight is 587 g/mol. The van der Waals surface area contributed by atoms with Crippen molar-refractivity contribution in [1.29, 1.82) is 0 Å². The zero-order chi connectivity index (χ0) is 30.0. The summed E-state index contributed by atoms with van der Waals surface area (Å²) in [5.74, 6) is -0.246. The van der Waals surface area contributed by atoms with Crippen LogP contribution in [0.1, 0.15) is 48.6 Å². The normalized spacial score (nSPS) is 22.7. The van der Waals surface area contributed by atoms with Gasteiger partial charge in [0, 0.05) is 44.2 Å². The van der Waals surface area contributed by atoms with E-state index in [0.717, 1.165) is 35.7 Å². The maximum atomic E-state index is 14.4. The highest BCUT2D eigenvalue weighted by atomic mass is 16.5. The minimum atomic E-state index is -1.08. The molecule has 1 aliphatic carbocycles. The number of methoxy groups -OCH3 is 1. The van der Waals surface area contributed by atoms with Gasteiger partial charge in [0.2, 0.25) is 0 Å². The molecule has 1 saturated heterocycles. The first-order chi connectivity index (χ1) is 20.9. The second kappa shape index (κ2) is 12.2. The number of hydrogen-bond acceptors (Lipinski definition) is 6. The molecule has 11 nitrogen and oxygen atoms in total. The first-order valence-electron chi connectivity index (χ1n) is 14.9. The molecule has 2 aromatic carbocycles. The third-order valence-corrected chi connectivity index (χ3v) is 8.97. The van der Waals surface area contributed by atoms with E-state index in [-0.39, 0.29) is 44.2 Å². The number of carbonyl (C=O) groups is 2. The van der Waals surface area contributed by atoms with Gasteiger partial charge in [-0.2, -0.15) is 5.10 Å². The topological polar surface area (TPSA) is 126 Å². The van der Waals surface area contributed by atoms with E-state index in [1.54, 1.807) is 18.3 Å². The number of rotatable bonds is 8. The fourth-order valence-corrected chi connectivity index (χ4v) is 6.81. The van der Waals surface area contributed by atoms with E-state index < -0.39 is 11.7 Å². The van der Waals surface area contributed by atoms with Gasteiger partial charge in [0.25, 0.3) is 5.91 Å². The van der Waals surface area contributed by atoms with Gasteiger partial charge in [-0.05, 0) is 25.3 Å². The zero-order valence-electron chi connectivity index (χ0n) is 24.4. The summed E-state index contributed by atoms with van der Waals surface area (Å²) < 4.78 is 9.30. The summed E-state index contributed by atoms with van der Waals surface area (Å²) in [7, 11) is 1.59. The molecule has 3 atom stereocenters. The van der Waals surface area contributed by atoms with Crippen LogP contribution in [0.25, 0.3) is 22.2 Å². The number of aryl methyl sites for hydroxylation is 1. The number of fused-ring (bicyclic) bond motifs is 1. The average Bonchev–Trinajstić information content (AvgIpc) is 3.65. The highest BCUT2D eigenvalue weighted by Crippen LogP contribution is 2.41. The maximum Gasteiger partial charge on any atom is 0.407 e. The van der Waals surface area contributed by atoms with Crippen LogP contribution in [0.5, 0.6) is 0 Å². The summed E-state index contributed by atoms with van der Waals surface area (Å²) >= 11 is 0. The van der Waals surface area contributed by atoms with E-state index in [0.29, 0.717) is 30.8 Å². The lowest BCUT2D eigenvalue weighted by Crippen LogP contribution is -2.56. The Morgan fingerprint density at radius 3 is 2.65 bits per heavy atom. The second-order valence-electron chi connectivity index (χ2n) is 11.6. The molecule has 1 saturated carbocycles. The summed E-state index contributed by atoms with van der Waals surface area (Å²) in [4.78, 5) is 34.2. The molecule has 3 heterocycles. The molecule has 1 aliphatic heterocycles. The van der Waals surface area contributed by atoms with Gasteiger partial charge >= 0.3 is 6.09 Å². The van der Waals surface area contributed by atoms with Gasteiger partial charge in [0.15, 0.2) is 5.69 Å². The Morgan fingerprint density at radius 2 is 1.86 bits per heavy atom. The molecule has 4 aromatic rings. The molecule has 2 amide bonds. The van der Waals surface area contributed by atoms with Gasteiger partial charge in [-0.1, -0.05) is 61.4 Å². The molecule has 11 heteroatoms. The molecule has 43 heavy (non-hydrogen) atoms. The third kappa shape index (κ3) is 5.62. The fraction of sp³-hybridized carbons (Fsp3) is 0.438. The van der Waals surface area contributed by atoms with Gasteiger partial charge in [0.1, 0.15) is 5.60 Å². The smallest absolute Gasteiger partial charge is 0.407 e. The van der Waals surface area contributed by atoms with Gasteiger partial charge in [-0.25, -0.2) is 9.78 Å². The van der Waals surface area contributed by atoms with Crippen LogP contribution in [0, 0.1) is 0 Å². The number of hydrogen-bond donors (Lipinski definition) is 2. The van der Waals surface area contributed by atoms with Gasteiger partial charge < -0.3 is 29.3 Å². The standard InChI is InChI=1S/C32H38N6O5/c1-43-21-32(42)15-8-7-13-27(32)37-22-33-28(29(37)23-9-3-2-4-10-23)30(39)36-18-17-35(31(40)41)20-25(36)14-16-38-26-12-6-5-11-24(26)19-34-38/h2-6,9-12,19,22,25,27,42H,7-8,13-18,20-21H2,1H3,(H,40,41)/t25-,27-,32-/m1/s1. The van der Waals surface area contributed by atoms with E-state index in [1.807, 2.05) is 70.0 Å². The minimum absolute atomic E-state index is 0.189. The number of carboxylic acid groups (broad SMARTS) is 1. The second-order valence-corrected chi connectivity index (χ2v) is 11.6. The minimum Gasteiger partial charge on any atom is -0.465 e. The fourth-order valence-electron chi connectivity index (χ4n) is 6.81. The lowest BCUT2D eigenvalue weighted by molar-refractivity contribution is -0.0893. The van der Waals surface area contributed by atoms with E-state index in [9.17, 15) is 19.8 Å². The first-order valence-corrected chi connectivity index (χ1v) is 14.9. The number of piperazine rings is 1. The Hall–Kier alpha value is -4.22. The zero-order valence-corrected chi connectivity index (χ0v) is 24.4. The van der Waals surface area contributed by atoms with Crippen LogP contribution < -0.4 is 0 Å². The molecular formula is C32H38N6O5. The van der Waals surface area contributed by atoms with Crippen LogP contribution in [-0.4, -0.2) is 96.3 Å². The Morgan fingerprint density at radius 1 is 1.07 bits per heavy atom. The van der Waals surface area contributed by atoms with Gasteiger partial charge in [-0.3, -0.25) is 9.48 Å². The molecule has 2 aromatic heterocycles. The predicted molar refractivity (Wildman–Crippen MR) is 161 cm³/mol. The van der Waals surface area contributed by atoms with Crippen molar-refractivity contribution in [2.45, 2.75) is 56.3 Å². The monoisotopic (exact) mass is 586 g/mol. The number of aliphatic hydroxyl groups is 1. The lowest BCUT2D eigenvalue weighted by atomic mass is 9.80. The van der Waals surface area contributed by atoms with Crippen molar-refractivity contribution in [3.8, 4) is 11.3 Å². The highest BCUT2D eigenvalue weighted by Gasteiger charge is 2.43. The Kier molecular flexibility index (Phi) is 8.18. The van der Waals surface area contributed by atoms with E-state index >= 15 is 0 Å². The van der Waals surface area contributed by atoms with Crippen molar-refractivity contribution in [2.24, 2.45) is 0 Å². The van der Waals surface area contributed by atoms with Gasteiger partial charge in [-0.15, -0.1) is 0 Å². The molecule has 226 valence electrons. The largest absolute Gasteiger partial charge is 0.465 e. The number of nitrogens with zero attached hydrogens (tertiary/aromatic N) is 6. The Bertz CT molecular complexity index is 1580. The number of imidazole rings is 1. The molecular weight excluding hydrogens is 548 g/mol. The first kappa shape index (κ1) is 28.9. The van der Waals surface area contributed by atoms with Crippen molar-refractivity contribution < 1.29 is 24.5 Å². The summed E-state index contributed by atoms with van der Waals surface area (Å²) in [6.07, 6.45) is 6.21. The molecule has 2 N–H and O–H groups in total. The number of carbonyl (C=O) groups excluding carboxylic acids is 1. The molecule has 0 unspecified atom stereocenters. The number of para-hydroxylation sites is 1. The van der Waals surface area contributed by atoms with E-state index in [4.69, 9.17) is 4.74 Å². The highest BCUT2D eigenvalue weighted by molar-refractivity contribution is 5.98. The van der Waals surface area contributed by atoms with Crippen molar-refractivity contribution in [3.05, 3.63) is 72.8 Å². The number of ether oxygens (including phenoxy) is 1. The molecule has 2 aliphatic rings. The van der Waals surface area contributed by atoms with Crippen molar-refractivity contribution in [3.63, 3.8) is 0 Å². The van der Waals surface area contributed by atoms with Crippen LogP contribution >= 0.6 is 0 Å². The third-order valence-electron chi connectivity index (χ3n) is 8.97. The summed E-state index contributed by atoms with van der Waals surface area (Å²) in [6.45, 7) is 1.40. The quantitative estimate of drug-likeness (QED) is 0.316. The summed E-state index contributed by atoms with van der Waals surface area (Å²) in [5, 5.41) is 27.0. The molecule has 2 fully saturated rings. The van der Waals surface area contributed by atoms with Crippen molar-refractivity contribution >= 4 is 22.9 Å². The molecule has 0 radical (unpaired) electrons. The molecule has 0 spiro atoms. The molecule has 6 rings (SSSR count). The van der Waals surface area contributed by atoms with Crippen LogP contribution in [0.3, 0.4) is 0 Å². The van der Waals surface area contributed by atoms with Crippen molar-refractivity contribution in [1.82, 2.24) is 29.1 Å².